The van der Waals surface area contributed by atoms with Crippen LogP contribution in [0.1, 0.15) is 42.9 Å². The minimum atomic E-state index is -0.713. The number of anilines is 1. The van der Waals surface area contributed by atoms with Crippen molar-refractivity contribution in [3.05, 3.63) is 64.5 Å². The zero-order valence-corrected chi connectivity index (χ0v) is 19.8. The SMILES string of the molecule is Cc1cccc(-c2ccc(-c3cnn4c(N)c(Br)c([C@H]5CC[C@H](C(=O)O)CC5)nc34)cn2)c1. The van der Waals surface area contributed by atoms with Gasteiger partial charge >= 0.3 is 5.97 Å². The molecule has 1 aliphatic rings. The molecule has 0 bridgehead atoms. The Bertz CT molecular complexity index is 1340. The molecule has 3 aromatic heterocycles. The summed E-state index contributed by atoms with van der Waals surface area (Å²) in [7, 11) is 0. The van der Waals surface area contributed by atoms with Crippen molar-refractivity contribution in [2.24, 2.45) is 5.92 Å². The fourth-order valence-electron chi connectivity index (χ4n) is 4.63. The molecule has 1 saturated carbocycles. The van der Waals surface area contributed by atoms with Crippen LogP contribution in [0.15, 0.2) is 53.3 Å². The Morgan fingerprint density at radius 1 is 1.12 bits per heavy atom. The molecule has 1 aromatic carbocycles. The van der Waals surface area contributed by atoms with Crippen molar-refractivity contribution < 1.29 is 9.90 Å². The lowest BCUT2D eigenvalue weighted by Gasteiger charge is -2.26. The van der Waals surface area contributed by atoms with Crippen LogP contribution in [-0.4, -0.2) is 30.7 Å². The molecule has 1 aliphatic carbocycles. The first kappa shape index (κ1) is 21.6. The van der Waals surface area contributed by atoms with Gasteiger partial charge in [0.25, 0.3) is 0 Å². The Morgan fingerprint density at radius 2 is 1.91 bits per heavy atom. The average molecular weight is 506 g/mol. The van der Waals surface area contributed by atoms with E-state index in [2.05, 4.69) is 51.1 Å². The van der Waals surface area contributed by atoms with Crippen LogP contribution in [0, 0.1) is 12.8 Å². The number of nitrogen functional groups attached to an aromatic ring is 1. The normalized spacial score (nSPS) is 18.5. The minimum Gasteiger partial charge on any atom is -0.481 e. The number of benzene rings is 1. The maximum Gasteiger partial charge on any atom is 0.306 e. The molecule has 1 fully saturated rings. The van der Waals surface area contributed by atoms with Crippen molar-refractivity contribution in [2.45, 2.75) is 38.5 Å². The molecule has 0 saturated heterocycles. The molecule has 4 aromatic rings. The van der Waals surface area contributed by atoms with Gasteiger partial charge in [-0.2, -0.15) is 9.61 Å². The van der Waals surface area contributed by atoms with Crippen LogP contribution in [0.4, 0.5) is 5.82 Å². The number of aryl methyl sites for hydroxylation is 1. The van der Waals surface area contributed by atoms with Gasteiger partial charge in [0.1, 0.15) is 5.82 Å². The van der Waals surface area contributed by atoms with Crippen molar-refractivity contribution in [3.63, 3.8) is 0 Å². The summed E-state index contributed by atoms with van der Waals surface area (Å²) in [5.74, 6) is -0.336. The van der Waals surface area contributed by atoms with E-state index in [1.165, 1.54) is 5.56 Å². The first-order valence-electron chi connectivity index (χ1n) is 11.0. The third-order valence-corrected chi connectivity index (χ3v) is 7.31. The summed E-state index contributed by atoms with van der Waals surface area (Å²) in [6.45, 7) is 2.07. The van der Waals surface area contributed by atoms with Gasteiger partial charge in [0.2, 0.25) is 0 Å². The van der Waals surface area contributed by atoms with E-state index in [9.17, 15) is 9.90 Å². The quantitative estimate of drug-likeness (QED) is 0.380. The lowest BCUT2D eigenvalue weighted by molar-refractivity contribution is -0.142. The highest BCUT2D eigenvalue weighted by Gasteiger charge is 2.30. The van der Waals surface area contributed by atoms with Crippen LogP contribution in [-0.2, 0) is 4.79 Å². The molecule has 0 unspecified atom stereocenters. The van der Waals surface area contributed by atoms with Crippen molar-refractivity contribution >= 4 is 33.4 Å². The van der Waals surface area contributed by atoms with Gasteiger partial charge in [0, 0.05) is 28.8 Å². The molecule has 5 rings (SSSR count). The molecule has 0 atom stereocenters. The van der Waals surface area contributed by atoms with Crippen molar-refractivity contribution in [1.29, 1.82) is 0 Å². The van der Waals surface area contributed by atoms with E-state index >= 15 is 0 Å². The third kappa shape index (κ3) is 3.99. The average Bonchev–Trinajstić information content (AvgIpc) is 3.26. The summed E-state index contributed by atoms with van der Waals surface area (Å²) in [4.78, 5) is 21.0. The number of carboxylic acids is 1. The maximum absolute atomic E-state index is 11.3. The molecule has 0 amide bonds. The van der Waals surface area contributed by atoms with Gasteiger partial charge in [-0.1, -0.05) is 29.8 Å². The van der Waals surface area contributed by atoms with E-state index in [1.807, 2.05) is 24.4 Å². The van der Waals surface area contributed by atoms with E-state index in [4.69, 9.17) is 10.7 Å². The highest BCUT2D eigenvalue weighted by Crippen LogP contribution is 2.40. The highest BCUT2D eigenvalue weighted by atomic mass is 79.9. The minimum absolute atomic E-state index is 0.159. The Hall–Kier alpha value is -3.26. The van der Waals surface area contributed by atoms with Crippen LogP contribution < -0.4 is 5.73 Å². The van der Waals surface area contributed by atoms with Gasteiger partial charge in [0.05, 0.1) is 28.0 Å². The number of hydrogen-bond donors (Lipinski definition) is 2. The van der Waals surface area contributed by atoms with Gasteiger partial charge < -0.3 is 10.8 Å². The van der Waals surface area contributed by atoms with Crippen LogP contribution in [0.25, 0.3) is 28.0 Å². The predicted octanol–water partition coefficient (Wildman–Crippen LogP) is 5.47. The molecule has 0 aliphatic heterocycles. The summed E-state index contributed by atoms with van der Waals surface area (Å²) in [5, 5.41) is 13.8. The van der Waals surface area contributed by atoms with E-state index in [0.717, 1.165) is 45.4 Å². The van der Waals surface area contributed by atoms with Gasteiger partial charge in [-0.05, 0) is 60.7 Å². The molecule has 0 radical (unpaired) electrons. The molecule has 168 valence electrons. The summed E-state index contributed by atoms with van der Waals surface area (Å²) in [6.07, 6.45) is 6.44. The second kappa shape index (κ2) is 8.59. The van der Waals surface area contributed by atoms with E-state index < -0.39 is 5.97 Å². The summed E-state index contributed by atoms with van der Waals surface area (Å²) in [5.41, 5.74) is 12.9. The van der Waals surface area contributed by atoms with Gasteiger partial charge in [0.15, 0.2) is 5.65 Å². The number of carboxylic acid groups (broad SMARTS) is 1. The number of rotatable bonds is 4. The third-order valence-electron chi connectivity index (χ3n) is 6.50. The number of hydrogen-bond acceptors (Lipinski definition) is 5. The zero-order valence-electron chi connectivity index (χ0n) is 18.2. The molecule has 33 heavy (non-hydrogen) atoms. The number of pyridine rings is 1. The summed E-state index contributed by atoms with van der Waals surface area (Å²) in [6, 6.07) is 12.3. The Kier molecular flexibility index (Phi) is 5.62. The zero-order chi connectivity index (χ0) is 23.1. The molecule has 7 nitrogen and oxygen atoms in total. The number of nitrogens with zero attached hydrogens (tertiary/aromatic N) is 4. The van der Waals surface area contributed by atoms with Crippen LogP contribution in [0.2, 0.25) is 0 Å². The summed E-state index contributed by atoms with van der Waals surface area (Å²) >= 11 is 3.61. The van der Waals surface area contributed by atoms with E-state index in [1.54, 1.807) is 10.7 Å². The number of fused-ring (bicyclic) bond motifs is 1. The van der Waals surface area contributed by atoms with Crippen LogP contribution >= 0.6 is 15.9 Å². The first-order chi connectivity index (χ1) is 15.9. The molecular weight excluding hydrogens is 482 g/mol. The second-order valence-corrected chi connectivity index (χ2v) is 9.47. The Balaban J connectivity index is 1.50. The first-order valence-corrected chi connectivity index (χ1v) is 11.8. The van der Waals surface area contributed by atoms with Crippen molar-refractivity contribution in [3.8, 4) is 22.4 Å². The van der Waals surface area contributed by atoms with E-state index in [-0.39, 0.29) is 11.8 Å². The number of aliphatic carboxylic acids is 1. The fraction of sp³-hybridized carbons (Fsp3) is 0.280. The van der Waals surface area contributed by atoms with Gasteiger partial charge in [-0.3, -0.25) is 9.78 Å². The Labute approximate surface area is 199 Å². The number of nitrogens with two attached hydrogens (primary N) is 1. The largest absolute Gasteiger partial charge is 0.481 e. The molecule has 8 heteroatoms. The van der Waals surface area contributed by atoms with Crippen molar-refractivity contribution in [1.82, 2.24) is 19.6 Å². The van der Waals surface area contributed by atoms with E-state index in [0.29, 0.717) is 24.3 Å². The topological polar surface area (TPSA) is 106 Å². The highest BCUT2D eigenvalue weighted by molar-refractivity contribution is 9.10. The monoisotopic (exact) mass is 505 g/mol. The van der Waals surface area contributed by atoms with Crippen molar-refractivity contribution in [2.75, 3.05) is 5.73 Å². The van der Waals surface area contributed by atoms with Crippen LogP contribution in [0.5, 0.6) is 0 Å². The maximum atomic E-state index is 11.3. The summed E-state index contributed by atoms with van der Waals surface area (Å²) < 4.78 is 2.37. The Morgan fingerprint density at radius 3 is 2.58 bits per heavy atom. The van der Waals surface area contributed by atoms with Gasteiger partial charge in [-0.15, -0.1) is 0 Å². The van der Waals surface area contributed by atoms with Crippen LogP contribution in [0.3, 0.4) is 0 Å². The predicted molar refractivity (Wildman–Crippen MR) is 131 cm³/mol. The standard InChI is InChI=1S/C25H24BrN5O2/c1-14-3-2-4-17(11-14)20-10-9-18(12-28-20)19-13-29-31-23(27)21(26)22(30-24(19)31)15-5-7-16(8-6-15)25(32)33/h2-4,9-13,15-16H,5-8,27H2,1H3,(H,32,33)/t15-,16-. The lowest BCUT2D eigenvalue weighted by Crippen LogP contribution is -2.21. The van der Waals surface area contributed by atoms with Gasteiger partial charge in [-0.25, -0.2) is 4.98 Å². The smallest absolute Gasteiger partial charge is 0.306 e. The lowest BCUT2D eigenvalue weighted by atomic mass is 9.80. The number of aromatic nitrogens is 4. The fourth-order valence-corrected chi connectivity index (χ4v) is 5.21. The molecule has 0 spiro atoms. The second-order valence-electron chi connectivity index (χ2n) is 8.68. The number of carbonyl (C=O) groups is 1. The molecular formula is C25H24BrN5O2. The number of halogens is 1. The molecule has 3 N–H and O–H groups in total. The molecule has 3 heterocycles.